The van der Waals surface area contributed by atoms with Gasteiger partial charge in [0.2, 0.25) is 10.0 Å². The molecule has 2 N–H and O–H groups in total. The van der Waals surface area contributed by atoms with Crippen molar-refractivity contribution in [2.24, 2.45) is 7.05 Å². The average molecular weight is 409 g/mol. The molecule has 0 aromatic carbocycles. The lowest BCUT2D eigenvalue weighted by atomic mass is 9.84. The van der Waals surface area contributed by atoms with Gasteiger partial charge in [-0.05, 0) is 62.8 Å². The number of aromatic nitrogens is 1. The third-order valence-electron chi connectivity index (χ3n) is 5.35. The highest BCUT2D eigenvalue weighted by molar-refractivity contribution is 7.88. The van der Waals surface area contributed by atoms with Crippen molar-refractivity contribution in [2.75, 3.05) is 6.26 Å². The molecule has 0 amide bonds. The predicted molar refractivity (Wildman–Crippen MR) is 107 cm³/mol. The largest absolute Gasteiger partial charge is 0.491 e. The van der Waals surface area contributed by atoms with Crippen LogP contribution in [0.1, 0.15) is 43.2 Å². The molecule has 0 bridgehead atoms. The number of aryl methyl sites for hydroxylation is 2. The lowest BCUT2D eigenvalue weighted by Gasteiger charge is -2.34. The summed E-state index contributed by atoms with van der Waals surface area (Å²) in [5.41, 5.74) is 0.163. The van der Waals surface area contributed by atoms with Gasteiger partial charge in [0.05, 0.1) is 24.0 Å². The van der Waals surface area contributed by atoms with Gasteiger partial charge < -0.3 is 14.4 Å². The molecule has 1 fully saturated rings. The minimum atomic E-state index is -3.50. The van der Waals surface area contributed by atoms with Gasteiger partial charge in [-0.15, -0.1) is 0 Å². The second-order valence-corrected chi connectivity index (χ2v) is 9.61. The van der Waals surface area contributed by atoms with E-state index in [9.17, 15) is 18.3 Å². The maximum Gasteiger partial charge on any atom is 0.253 e. The molecule has 0 saturated heterocycles. The zero-order valence-electron chi connectivity index (χ0n) is 16.5. The van der Waals surface area contributed by atoms with E-state index in [0.29, 0.717) is 23.3 Å². The number of rotatable bonds is 5. The summed E-state index contributed by atoms with van der Waals surface area (Å²) in [6.45, 7) is 1.72. The second-order valence-electron chi connectivity index (χ2n) is 7.87. The first kappa shape index (κ1) is 20.8. The number of sulfonamides is 1. The fourth-order valence-electron chi connectivity index (χ4n) is 3.87. The number of nitrogens with zero attached hydrogens (tertiary/aromatic N) is 1. The Morgan fingerprint density at radius 1 is 1.29 bits per heavy atom. The number of aliphatic hydroxyl groups is 1. The molecule has 1 saturated carbocycles. The summed E-state index contributed by atoms with van der Waals surface area (Å²) >= 11 is 0. The van der Waals surface area contributed by atoms with E-state index in [-0.39, 0.29) is 17.8 Å². The van der Waals surface area contributed by atoms with Crippen molar-refractivity contribution in [3.8, 4) is 0 Å². The monoisotopic (exact) mass is 408 g/mol. The van der Waals surface area contributed by atoms with Gasteiger partial charge in [-0.3, -0.25) is 4.79 Å². The standard InChI is InChI=1S/C20H28N2O5S/c1-14-12-15(13-22(2)19(14)24)20(21-28(3,25)26)10-8-18(9-11-20)27-17-6-4-16(23)5-7-17/h8-10,12-13,16-17,21,23H,4-7,11H2,1-3H3/t16-,17+,20?. The molecule has 28 heavy (non-hydrogen) atoms. The molecule has 1 aromatic rings. The number of aliphatic hydroxyl groups excluding tert-OH is 1. The van der Waals surface area contributed by atoms with Crippen LogP contribution in [0.25, 0.3) is 0 Å². The lowest BCUT2D eigenvalue weighted by molar-refractivity contribution is 0.0347. The molecular formula is C20H28N2O5S. The number of hydrogen-bond donors (Lipinski definition) is 2. The van der Waals surface area contributed by atoms with E-state index < -0.39 is 15.6 Å². The van der Waals surface area contributed by atoms with Crippen LogP contribution in [-0.2, 0) is 27.3 Å². The van der Waals surface area contributed by atoms with Crippen molar-refractivity contribution < 1.29 is 18.3 Å². The van der Waals surface area contributed by atoms with Gasteiger partial charge in [-0.2, -0.15) is 0 Å². The minimum absolute atomic E-state index is 0.0643. The lowest BCUT2D eigenvalue weighted by Crippen LogP contribution is -2.45. The Morgan fingerprint density at radius 3 is 2.50 bits per heavy atom. The minimum Gasteiger partial charge on any atom is -0.491 e. The summed E-state index contributed by atoms with van der Waals surface area (Å²) in [4.78, 5) is 12.0. The first-order valence-corrected chi connectivity index (χ1v) is 11.4. The highest BCUT2D eigenvalue weighted by Crippen LogP contribution is 2.34. The molecule has 1 unspecified atom stereocenters. The molecule has 1 aromatic heterocycles. The summed E-state index contributed by atoms with van der Waals surface area (Å²) in [5.74, 6) is 0.703. The van der Waals surface area contributed by atoms with Crippen LogP contribution in [0, 0.1) is 6.92 Å². The van der Waals surface area contributed by atoms with Crippen molar-refractivity contribution in [1.82, 2.24) is 9.29 Å². The number of hydrogen-bond acceptors (Lipinski definition) is 5. The fraction of sp³-hybridized carbons (Fsp3) is 0.550. The van der Waals surface area contributed by atoms with E-state index >= 15 is 0 Å². The van der Waals surface area contributed by atoms with Crippen LogP contribution < -0.4 is 10.3 Å². The maximum atomic E-state index is 12.1. The normalized spacial score (nSPS) is 28.1. The van der Waals surface area contributed by atoms with E-state index in [1.54, 1.807) is 38.4 Å². The zero-order chi connectivity index (χ0) is 20.5. The van der Waals surface area contributed by atoms with Gasteiger partial charge in [-0.25, -0.2) is 13.1 Å². The van der Waals surface area contributed by atoms with E-state index in [4.69, 9.17) is 4.74 Å². The Morgan fingerprint density at radius 2 is 1.96 bits per heavy atom. The summed E-state index contributed by atoms with van der Waals surface area (Å²) in [6.07, 6.45) is 11.5. The molecule has 1 atom stereocenters. The van der Waals surface area contributed by atoms with Gasteiger partial charge in [0.25, 0.3) is 5.56 Å². The molecular weight excluding hydrogens is 380 g/mol. The second kappa shape index (κ2) is 7.85. The van der Waals surface area contributed by atoms with Crippen LogP contribution in [0.5, 0.6) is 0 Å². The van der Waals surface area contributed by atoms with Crippen LogP contribution in [0.3, 0.4) is 0 Å². The maximum absolute atomic E-state index is 12.1. The number of allylic oxidation sites excluding steroid dienone is 1. The third-order valence-corrected chi connectivity index (χ3v) is 6.08. The smallest absolute Gasteiger partial charge is 0.253 e. The average Bonchev–Trinajstić information content (AvgIpc) is 2.61. The third kappa shape index (κ3) is 4.74. The molecule has 2 aliphatic carbocycles. The van der Waals surface area contributed by atoms with Crippen molar-refractivity contribution in [3.05, 3.63) is 57.7 Å². The summed E-state index contributed by atoms with van der Waals surface area (Å²) in [6, 6.07) is 1.73. The molecule has 154 valence electrons. The number of ether oxygens (including phenoxy) is 1. The highest BCUT2D eigenvalue weighted by atomic mass is 32.2. The number of nitrogens with one attached hydrogen (secondary N) is 1. The Kier molecular flexibility index (Phi) is 5.84. The summed E-state index contributed by atoms with van der Waals surface area (Å²) in [5, 5.41) is 9.63. The fourth-order valence-corrected chi connectivity index (χ4v) is 4.80. The van der Waals surface area contributed by atoms with Gasteiger partial charge in [-0.1, -0.05) is 6.08 Å². The molecule has 0 spiro atoms. The van der Waals surface area contributed by atoms with E-state index in [2.05, 4.69) is 4.72 Å². The topological polar surface area (TPSA) is 97.6 Å². The zero-order valence-corrected chi connectivity index (χ0v) is 17.3. The molecule has 0 aliphatic heterocycles. The molecule has 0 radical (unpaired) electrons. The van der Waals surface area contributed by atoms with Crippen LogP contribution in [0.15, 0.2) is 41.0 Å². The molecule has 2 aliphatic rings. The quantitative estimate of drug-likeness (QED) is 0.771. The van der Waals surface area contributed by atoms with Gasteiger partial charge in [0.15, 0.2) is 0 Å². The van der Waals surface area contributed by atoms with E-state index in [1.807, 2.05) is 6.08 Å². The van der Waals surface area contributed by atoms with Crippen molar-refractivity contribution in [1.29, 1.82) is 0 Å². The van der Waals surface area contributed by atoms with E-state index in [0.717, 1.165) is 31.9 Å². The highest BCUT2D eigenvalue weighted by Gasteiger charge is 2.35. The van der Waals surface area contributed by atoms with Crippen LogP contribution >= 0.6 is 0 Å². The summed E-state index contributed by atoms with van der Waals surface area (Å²) < 4.78 is 34.3. The Hall–Kier alpha value is -1.90. The molecule has 7 nitrogen and oxygen atoms in total. The molecule has 3 rings (SSSR count). The molecule has 8 heteroatoms. The SMILES string of the molecule is Cc1cc(C2(NS(C)(=O)=O)C=CC(O[C@H]3CC[C@@H](O)CC3)=CC2)cn(C)c1=O. The Bertz CT molecular complexity index is 929. The van der Waals surface area contributed by atoms with Gasteiger partial charge in [0.1, 0.15) is 5.76 Å². The first-order valence-electron chi connectivity index (χ1n) is 9.49. The van der Waals surface area contributed by atoms with Crippen molar-refractivity contribution >= 4 is 10.0 Å². The van der Waals surface area contributed by atoms with E-state index in [1.165, 1.54) is 4.57 Å². The predicted octanol–water partition coefficient (Wildman–Crippen LogP) is 1.60. The van der Waals surface area contributed by atoms with Crippen molar-refractivity contribution in [3.63, 3.8) is 0 Å². The number of pyridine rings is 1. The Balaban J connectivity index is 1.86. The van der Waals surface area contributed by atoms with Crippen LogP contribution in [0.2, 0.25) is 0 Å². The molecule has 1 heterocycles. The van der Waals surface area contributed by atoms with Gasteiger partial charge in [0, 0.05) is 18.8 Å². The Labute approximate surface area is 165 Å². The summed E-state index contributed by atoms with van der Waals surface area (Å²) in [7, 11) is -1.85. The first-order chi connectivity index (χ1) is 13.1. The van der Waals surface area contributed by atoms with Crippen molar-refractivity contribution in [2.45, 2.75) is 56.8 Å². The van der Waals surface area contributed by atoms with Gasteiger partial charge >= 0.3 is 0 Å². The van der Waals surface area contributed by atoms with Crippen LogP contribution in [-0.4, -0.2) is 36.6 Å². The van der Waals surface area contributed by atoms with Crippen LogP contribution in [0.4, 0.5) is 0 Å².